The second kappa shape index (κ2) is 5.56. The van der Waals surface area contributed by atoms with E-state index in [2.05, 4.69) is 12.1 Å². The highest BCUT2D eigenvalue weighted by molar-refractivity contribution is 5.90. The van der Waals surface area contributed by atoms with Crippen molar-refractivity contribution in [1.29, 1.82) is 0 Å². The third-order valence-corrected chi connectivity index (χ3v) is 9.01. The van der Waals surface area contributed by atoms with E-state index < -0.39 is 28.9 Å². The molecule has 6 heteroatoms. The van der Waals surface area contributed by atoms with Crippen molar-refractivity contribution >= 4 is 11.9 Å². The maximum atomic E-state index is 13.9. The van der Waals surface area contributed by atoms with Gasteiger partial charge in [0.1, 0.15) is 0 Å². The lowest BCUT2D eigenvalue weighted by atomic mass is 9.16. The molecular formula is C25H22O6. The lowest BCUT2D eigenvalue weighted by Crippen LogP contribution is -2.89. The van der Waals surface area contributed by atoms with Crippen LogP contribution in [-0.2, 0) is 23.8 Å². The average Bonchev–Trinajstić information content (AvgIpc) is 3.01. The minimum Gasteiger partial charge on any atom is -0.466 e. The Kier molecular flexibility index (Phi) is 3.21. The summed E-state index contributed by atoms with van der Waals surface area (Å²) in [5.74, 6) is -0.761. The molecule has 31 heavy (non-hydrogen) atoms. The van der Waals surface area contributed by atoms with Crippen LogP contribution in [0.3, 0.4) is 0 Å². The molecule has 7 rings (SSSR count). The molecule has 1 heterocycles. The lowest BCUT2D eigenvalue weighted by Gasteiger charge is -2.83. The van der Waals surface area contributed by atoms with Crippen LogP contribution in [0.25, 0.3) is 0 Å². The minimum atomic E-state index is -1.13. The molecule has 1 saturated heterocycles. The number of carbonyl (C=O) groups is 2. The number of rotatable bonds is 5. The third kappa shape index (κ3) is 1.61. The molecular weight excluding hydrogens is 396 g/mol. The fraction of sp³-hybridized carbons (Fsp3) is 0.440. The third-order valence-electron chi connectivity index (χ3n) is 9.01. The van der Waals surface area contributed by atoms with Crippen LogP contribution < -0.4 is 0 Å². The second-order valence-electron chi connectivity index (χ2n) is 9.49. The normalized spacial score (nSPS) is 42.3. The number of hydrogen-bond acceptors (Lipinski definition) is 6. The van der Waals surface area contributed by atoms with Crippen LogP contribution in [0.4, 0.5) is 0 Å². The van der Waals surface area contributed by atoms with Gasteiger partial charge in [-0.1, -0.05) is 54.6 Å². The largest absolute Gasteiger partial charge is 0.466 e. The van der Waals surface area contributed by atoms with Crippen LogP contribution in [0.5, 0.6) is 0 Å². The predicted molar refractivity (Wildman–Crippen MR) is 107 cm³/mol. The first kappa shape index (κ1) is 17.9. The van der Waals surface area contributed by atoms with E-state index in [9.17, 15) is 14.7 Å². The number of benzene rings is 2. The number of ether oxygens (including phenoxy) is 3. The van der Waals surface area contributed by atoms with Crippen molar-refractivity contribution in [2.75, 3.05) is 13.7 Å². The van der Waals surface area contributed by atoms with Crippen molar-refractivity contribution in [2.45, 2.75) is 30.1 Å². The Morgan fingerprint density at radius 2 is 1.77 bits per heavy atom. The van der Waals surface area contributed by atoms with Crippen LogP contribution in [-0.4, -0.2) is 43.0 Å². The molecule has 0 unspecified atom stereocenters. The van der Waals surface area contributed by atoms with E-state index in [1.54, 1.807) is 24.3 Å². The van der Waals surface area contributed by atoms with Gasteiger partial charge in [-0.25, -0.2) is 4.79 Å². The fourth-order valence-corrected chi connectivity index (χ4v) is 8.13. The minimum absolute atomic E-state index is 0.0576. The first-order valence-corrected chi connectivity index (χ1v) is 10.8. The Morgan fingerprint density at radius 1 is 1.06 bits per heavy atom. The predicted octanol–water partition coefficient (Wildman–Crippen LogP) is 2.33. The Bertz CT molecular complexity index is 1130. The maximum absolute atomic E-state index is 13.9. The molecule has 0 bridgehead atoms. The summed E-state index contributed by atoms with van der Waals surface area (Å²) in [4.78, 5) is 26.5. The Balaban J connectivity index is 1.33. The Hall–Kier alpha value is -2.70. The van der Waals surface area contributed by atoms with Gasteiger partial charge in [0, 0.05) is 28.7 Å². The van der Waals surface area contributed by atoms with Crippen LogP contribution in [0, 0.1) is 22.7 Å². The van der Waals surface area contributed by atoms with Gasteiger partial charge in [-0.05, 0) is 17.0 Å². The summed E-state index contributed by atoms with van der Waals surface area (Å²) < 4.78 is 17.3. The zero-order valence-corrected chi connectivity index (χ0v) is 16.9. The van der Waals surface area contributed by atoms with Crippen molar-refractivity contribution in [2.24, 2.45) is 22.7 Å². The highest BCUT2D eigenvalue weighted by Crippen LogP contribution is 2.95. The van der Waals surface area contributed by atoms with Gasteiger partial charge in [0.2, 0.25) is 6.10 Å². The molecule has 1 N–H and O–H groups in total. The molecule has 0 radical (unpaired) electrons. The molecule has 2 aromatic carbocycles. The quantitative estimate of drug-likeness (QED) is 0.751. The van der Waals surface area contributed by atoms with Gasteiger partial charge >= 0.3 is 11.9 Å². The van der Waals surface area contributed by atoms with Gasteiger partial charge in [0.05, 0.1) is 31.3 Å². The molecule has 9 atom stereocenters. The van der Waals surface area contributed by atoms with E-state index in [1.165, 1.54) is 12.7 Å². The molecule has 4 fully saturated rings. The second-order valence-corrected chi connectivity index (χ2v) is 9.49. The highest BCUT2D eigenvalue weighted by atomic mass is 16.6. The summed E-state index contributed by atoms with van der Waals surface area (Å²) in [5.41, 5.74) is 1.52. The number of methoxy groups -OCH3 is 1. The number of aliphatic hydroxyl groups is 1. The van der Waals surface area contributed by atoms with Crippen molar-refractivity contribution in [3.05, 3.63) is 71.3 Å². The fourth-order valence-electron chi connectivity index (χ4n) is 8.13. The first-order chi connectivity index (χ1) is 15.1. The van der Waals surface area contributed by atoms with E-state index in [0.717, 1.165) is 5.56 Å². The summed E-state index contributed by atoms with van der Waals surface area (Å²) >= 11 is 0. The van der Waals surface area contributed by atoms with Gasteiger partial charge in [0.25, 0.3) is 0 Å². The van der Waals surface area contributed by atoms with E-state index in [0.29, 0.717) is 5.56 Å². The molecule has 5 aliphatic rings. The molecule has 6 nitrogen and oxygen atoms in total. The van der Waals surface area contributed by atoms with Gasteiger partial charge in [-0.3, -0.25) is 4.79 Å². The molecule has 158 valence electrons. The number of esters is 2. The van der Waals surface area contributed by atoms with Gasteiger partial charge in [-0.2, -0.15) is 0 Å². The van der Waals surface area contributed by atoms with E-state index >= 15 is 0 Å². The number of aliphatic hydroxyl groups excluding tert-OH is 1. The molecule has 4 aliphatic carbocycles. The van der Waals surface area contributed by atoms with Gasteiger partial charge in [0.15, 0.2) is 0 Å². The molecule has 0 amide bonds. The van der Waals surface area contributed by atoms with Crippen molar-refractivity contribution < 1.29 is 28.9 Å². The van der Waals surface area contributed by atoms with E-state index in [1.807, 2.05) is 18.2 Å². The topological polar surface area (TPSA) is 82.1 Å². The summed E-state index contributed by atoms with van der Waals surface area (Å²) in [6.07, 6.45) is -1.26. The van der Waals surface area contributed by atoms with Gasteiger partial charge < -0.3 is 19.3 Å². The standard InChI is InChI=1S/C25H22O6/c1-29-22(27)19(12-7-3-2-4-8-12)31-23(28)25-16-14-10-6-5-9-13(14)15-17(25)18-20(15)30-21(16)24(18,25)11-26/h2-10,15-21,26H,11H2,1H3/t15-,16-,17+,18+,19-,20-,21+,24+,25+/m0/s1. The maximum Gasteiger partial charge on any atom is 0.351 e. The number of hydrogen-bond donors (Lipinski definition) is 1. The van der Waals surface area contributed by atoms with Crippen molar-refractivity contribution in [1.82, 2.24) is 0 Å². The summed E-state index contributed by atoms with van der Waals surface area (Å²) in [5, 5.41) is 10.5. The van der Waals surface area contributed by atoms with Crippen LogP contribution in [0.15, 0.2) is 54.6 Å². The molecule has 3 saturated carbocycles. The number of carbonyl (C=O) groups excluding carboxylic acids is 2. The van der Waals surface area contributed by atoms with Crippen LogP contribution in [0.2, 0.25) is 0 Å². The molecule has 0 aromatic heterocycles. The van der Waals surface area contributed by atoms with E-state index in [-0.39, 0.29) is 42.5 Å². The lowest BCUT2D eigenvalue weighted by molar-refractivity contribution is -0.341. The average molecular weight is 418 g/mol. The highest BCUT2D eigenvalue weighted by Gasteiger charge is 3.00. The van der Waals surface area contributed by atoms with Gasteiger partial charge in [-0.15, -0.1) is 0 Å². The summed E-state index contributed by atoms with van der Waals surface area (Å²) in [7, 11) is 1.29. The monoisotopic (exact) mass is 418 g/mol. The summed E-state index contributed by atoms with van der Waals surface area (Å²) in [6, 6.07) is 17.2. The van der Waals surface area contributed by atoms with Crippen LogP contribution >= 0.6 is 0 Å². The molecule has 0 spiro atoms. The Morgan fingerprint density at radius 3 is 2.48 bits per heavy atom. The van der Waals surface area contributed by atoms with Crippen molar-refractivity contribution in [3.63, 3.8) is 0 Å². The van der Waals surface area contributed by atoms with Crippen molar-refractivity contribution in [3.8, 4) is 0 Å². The zero-order chi connectivity index (χ0) is 21.1. The summed E-state index contributed by atoms with van der Waals surface area (Å²) in [6.45, 7) is -0.107. The molecule has 2 aromatic rings. The van der Waals surface area contributed by atoms with E-state index in [4.69, 9.17) is 14.2 Å². The first-order valence-electron chi connectivity index (χ1n) is 10.8. The number of fused-ring (bicyclic) bond motifs is 5. The van der Waals surface area contributed by atoms with Crippen LogP contribution in [0.1, 0.15) is 34.6 Å². The SMILES string of the molecule is COC(=O)[C@@H](OC(=O)[C@]12[C@@H]3[C@@H]4c5ccccc5[C@H]1[C@H]1O[C@@H]4[C@@H]3[C@]12CO)c1ccccc1. The smallest absolute Gasteiger partial charge is 0.351 e. The zero-order valence-electron chi connectivity index (χ0n) is 16.9. The molecule has 1 aliphatic heterocycles. The Labute approximate surface area is 179 Å².